The van der Waals surface area contributed by atoms with Gasteiger partial charge in [0.1, 0.15) is 5.69 Å². The first kappa shape index (κ1) is 14.5. The molecule has 7 nitrogen and oxygen atoms in total. The van der Waals surface area contributed by atoms with Gasteiger partial charge < -0.3 is 20.3 Å². The van der Waals surface area contributed by atoms with Gasteiger partial charge in [0, 0.05) is 51.6 Å². The Morgan fingerprint density at radius 1 is 1.45 bits per heavy atom. The standard InChI is InChI=1S/C13H20N4O3/c1-20-9-6-15-12-10-11(2-3-13(12)17(18)19)16-7-4-14-5-8-16/h2-3,10,14-15H,4-9H2,1H3. The summed E-state index contributed by atoms with van der Waals surface area (Å²) in [6, 6.07) is 5.22. The Labute approximate surface area is 118 Å². The predicted molar refractivity (Wildman–Crippen MR) is 78.5 cm³/mol. The van der Waals surface area contributed by atoms with Crippen molar-refractivity contribution in [1.82, 2.24) is 5.32 Å². The molecular weight excluding hydrogens is 260 g/mol. The summed E-state index contributed by atoms with van der Waals surface area (Å²) in [6.45, 7) is 4.74. The number of nitrogens with zero attached hydrogens (tertiary/aromatic N) is 2. The van der Waals surface area contributed by atoms with Crippen LogP contribution in [0.2, 0.25) is 0 Å². The maximum Gasteiger partial charge on any atom is 0.292 e. The first-order valence-electron chi connectivity index (χ1n) is 6.69. The Balaban J connectivity index is 2.17. The molecule has 1 aliphatic rings. The molecule has 1 saturated heterocycles. The van der Waals surface area contributed by atoms with Crippen molar-refractivity contribution in [3.8, 4) is 0 Å². The fourth-order valence-electron chi connectivity index (χ4n) is 2.23. The van der Waals surface area contributed by atoms with Crippen LogP contribution < -0.4 is 15.5 Å². The highest BCUT2D eigenvalue weighted by Gasteiger charge is 2.17. The van der Waals surface area contributed by atoms with Gasteiger partial charge in [-0.2, -0.15) is 0 Å². The molecule has 0 saturated carbocycles. The lowest BCUT2D eigenvalue weighted by Gasteiger charge is -2.29. The van der Waals surface area contributed by atoms with Crippen LogP contribution in [0.5, 0.6) is 0 Å². The molecule has 0 spiro atoms. The number of hydrogen-bond acceptors (Lipinski definition) is 6. The van der Waals surface area contributed by atoms with Crippen molar-refractivity contribution in [3.05, 3.63) is 28.3 Å². The van der Waals surface area contributed by atoms with Crippen LogP contribution in [0.1, 0.15) is 0 Å². The zero-order valence-corrected chi connectivity index (χ0v) is 11.6. The fraction of sp³-hybridized carbons (Fsp3) is 0.538. The average Bonchev–Trinajstić information content (AvgIpc) is 2.48. The second kappa shape index (κ2) is 7.06. The van der Waals surface area contributed by atoms with E-state index in [1.807, 2.05) is 12.1 Å². The van der Waals surface area contributed by atoms with Crippen molar-refractivity contribution in [2.45, 2.75) is 0 Å². The summed E-state index contributed by atoms with van der Waals surface area (Å²) in [5.74, 6) is 0. The molecule has 0 aromatic heterocycles. The smallest absolute Gasteiger partial charge is 0.292 e. The van der Waals surface area contributed by atoms with Crippen LogP contribution in [0, 0.1) is 10.1 Å². The molecule has 20 heavy (non-hydrogen) atoms. The number of hydrogen-bond donors (Lipinski definition) is 2. The number of methoxy groups -OCH3 is 1. The SMILES string of the molecule is COCCNc1cc(N2CCNCC2)ccc1[N+](=O)[O-]. The van der Waals surface area contributed by atoms with Crippen LogP contribution in [-0.2, 0) is 4.74 Å². The molecule has 0 aliphatic carbocycles. The summed E-state index contributed by atoms with van der Waals surface area (Å²) in [5, 5.41) is 17.4. The minimum Gasteiger partial charge on any atom is -0.383 e. The van der Waals surface area contributed by atoms with Crippen molar-refractivity contribution < 1.29 is 9.66 Å². The second-order valence-electron chi connectivity index (χ2n) is 4.62. The summed E-state index contributed by atoms with van der Waals surface area (Å²) in [4.78, 5) is 12.9. The third-order valence-electron chi connectivity index (χ3n) is 3.28. The summed E-state index contributed by atoms with van der Waals surface area (Å²) in [7, 11) is 1.60. The van der Waals surface area contributed by atoms with E-state index < -0.39 is 0 Å². The van der Waals surface area contributed by atoms with Crippen LogP contribution in [0.15, 0.2) is 18.2 Å². The Hall–Kier alpha value is -1.86. The molecule has 0 radical (unpaired) electrons. The van der Waals surface area contributed by atoms with Gasteiger partial charge in [-0.3, -0.25) is 10.1 Å². The number of ether oxygens (including phenoxy) is 1. The van der Waals surface area contributed by atoms with Crippen molar-refractivity contribution in [2.24, 2.45) is 0 Å². The number of rotatable bonds is 6. The summed E-state index contributed by atoms with van der Waals surface area (Å²) in [5.41, 5.74) is 1.65. The number of anilines is 2. The number of nitro benzene ring substituents is 1. The minimum atomic E-state index is -0.364. The molecule has 1 aromatic rings. The van der Waals surface area contributed by atoms with Gasteiger partial charge in [-0.1, -0.05) is 0 Å². The van der Waals surface area contributed by atoms with E-state index in [2.05, 4.69) is 15.5 Å². The monoisotopic (exact) mass is 280 g/mol. The molecule has 110 valence electrons. The fourth-order valence-corrected chi connectivity index (χ4v) is 2.23. The van der Waals surface area contributed by atoms with Crippen molar-refractivity contribution in [3.63, 3.8) is 0 Å². The Morgan fingerprint density at radius 3 is 2.85 bits per heavy atom. The van der Waals surface area contributed by atoms with Crippen molar-refractivity contribution in [2.75, 3.05) is 56.7 Å². The molecule has 0 atom stereocenters. The van der Waals surface area contributed by atoms with E-state index in [1.54, 1.807) is 13.2 Å². The molecular formula is C13H20N4O3. The molecule has 1 heterocycles. The van der Waals surface area contributed by atoms with Crippen LogP contribution in [0.4, 0.5) is 17.1 Å². The highest BCUT2D eigenvalue weighted by atomic mass is 16.6. The lowest BCUT2D eigenvalue weighted by atomic mass is 10.2. The number of nitro groups is 1. The Morgan fingerprint density at radius 2 is 2.20 bits per heavy atom. The number of nitrogens with one attached hydrogen (secondary N) is 2. The molecule has 2 rings (SSSR count). The van der Waals surface area contributed by atoms with E-state index in [0.29, 0.717) is 18.8 Å². The van der Waals surface area contributed by atoms with Gasteiger partial charge >= 0.3 is 0 Å². The van der Waals surface area contributed by atoms with Gasteiger partial charge in [0.2, 0.25) is 0 Å². The largest absolute Gasteiger partial charge is 0.383 e. The first-order valence-corrected chi connectivity index (χ1v) is 6.69. The lowest BCUT2D eigenvalue weighted by Crippen LogP contribution is -2.43. The Kier molecular flexibility index (Phi) is 5.14. The highest BCUT2D eigenvalue weighted by Crippen LogP contribution is 2.29. The maximum absolute atomic E-state index is 11.1. The van der Waals surface area contributed by atoms with Gasteiger partial charge in [-0.15, -0.1) is 0 Å². The maximum atomic E-state index is 11.1. The molecule has 1 aliphatic heterocycles. The molecule has 7 heteroatoms. The Bertz CT molecular complexity index is 461. The van der Waals surface area contributed by atoms with E-state index in [9.17, 15) is 10.1 Å². The van der Waals surface area contributed by atoms with E-state index in [0.717, 1.165) is 31.9 Å². The quantitative estimate of drug-likeness (QED) is 0.461. The average molecular weight is 280 g/mol. The first-order chi connectivity index (χ1) is 9.72. The van der Waals surface area contributed by atoms with E-state index in [1.165, 1.54) is 0 Å². The van der Waals surface area contributed by atoms with Crippen LogP contribution in [-0.4, -0.2) is 51.4 Å². The van der Waals surface area contributed by atoms with E-state index in [-0.39, 0.29) is 10.6 Å². The van der Waals surface area contributed by atoms with Crippen LogP contribution in [0.25, 0.3) is 0 Å². The molecule has 0 unspecified atom stereocenters. The van der Waals surface area contributed by atoms with Crippen molar-refractivity contribution in [1.29, 1.82) is 0 Å². The summed E-state index contributed by atoms with van der Waals surface area (Å²) >= 11 is 0. The number of benzene rings is 1. The summed E-state index contributed by atoms with van der Waals surface area (Å²) in [6.07, 6.45) is 0. The van der Waals surface area contributed by atoms with Crippen molar-refractivity contribution >= 4 is 17.1 Å². The second-order valence-corrected chi connectivity index (χ2v) is 4.62. The van der Waals surface area contributed by atoms with Gasteiger partial charge in [0.25, 0.3) is 5.69 Å². The third kappa shape index (κ3) is 3.58. The van der Waals surface area contributed by atoms with Gasteiger partial charge in [-0.25, -0.2) is 0 Å². The lowest BCUT2D eigenvalue weighted by molar-refractivity contribution is -0.383. The zero-order chi connectivity index (χ0) is 14.4. The normalized spacial score (nSPS) is 15.2. The predicted octanol–water partition coefficient (Wildman–Crippen LogP) is 1.06. The topological polar surface area (TPSA) is 79.7 Å². The molecule has 0 amide bonds. The molecule has 2 N–H and O–H groups in total. The van der Waals surface area contributed by atoms with Gasteiger partial charge in [0.15, 0.2) is 0 Å². The molecule has 1 fully saturated rings. The van der Waals surface area contributed by atoms with E-state index >= 15 is 0 Å². The van der Waals surface area contributed by atoms with E-state index in [4.69, 9.17) is 4.74 Å². The molecule has 0 bridgehead atoms. The van der Waals surface area contributed by atoms with Crippen LogP contribution in [0.3, 0.4) is 0 Å². The number of piperazine rings is 1. The molecule has 1 aromatic carbocycles. The highest BCUT2D eigenvalue weighted by molar-refractivity contribution is 5.69. The van der Waals surface area contributed by atoms with Gasteiger partial charge in [-0.05, 0) is 12.1 Å². The summed E-state index contributed by atoms with van der Waals surface area (Å²) < 4.78 is 4.96. The van der Waals surface area contributed by atoms with Crippen LogP contribution >= 0.6 is 0 Å². The third-order valence-corrected chi connectivity index (χ3v) is 3.28. The zero-order valence-electron chi connectivity index (χ0n) is 11.6. The van der Waals surface area contributed by atoms with Gasteiger partial charge in [0.05, 0.1) is 11.5 Å². The minimum absolute atomic E-state index is 0.0972.